The fourth-order valence-corrected chi connectivity index (χ4v) is 2.61. The number of nitrogens with two attached hydrogens (primary N) is 2. The van der Waals surface area contributed by atoms with Crippen LogP contribution < -0.4 is 16.8 Å². The van der Waals surface area contributed by atoms with Crippen LogP contribution in [0.5, 0.6) is 0 Å². The van der Waals surface area contributed by atoms with Crippen molar-refractivity contribution in [3.8, 4) is 0 Å². The molecule has 88 valence electrons. The van der Waals surface area contributed by atoms with Crippen LogP contribution in [0.2, 0.25) is 0 Å². The molecule has 0 unspecified atom stereocenters. The van der Waals surface area contributed by atoms with Crippen molar-refractivity contribution >= 4 is 5.69 Å². The SMILES string of the molecule is Cc1cc(N)c(CN)c(C2CCNCC2)c1. The number of piperidine rings is 1. The lowest BCUT2D eigenvalue weighted by atomic mass is 9.85. The average molecular weight is 219 g/mol. The maximum atomic E-state index is 6.04. The second-order valence-corrected chi connectivity index (χ2v) is 4.65. The highest BCUT2D eigenvalue weighted by Gasteiger charge is 2.19. The van der Waals surface area contributed by atoms with Gasteiger partial charge in [-0.15, -0.1) is 0 Å². The smallest absolute Gasteiger partial charge is 0.0365 e. The lowest BCUT2D eigenvalue weighted by Gasteiger charge is -2.26. The van der Waals surface area contributed by atoms with Gasteiger partial charge in [0.1, 0.15) is 0 Å². The van der Waals surface area contributed by atoms with Crippen LogP contribution in [0.15, 0.2) is 12.1 Å². The summed E-state index contributed by atoms with van der Waals surface area (Å²) in [4.78, 5) is 0. The molecular weight excluding hydrogens is 198 g/mol. The van der Waals surface area contributed by atoms with E-state index >= 15 is 0 Å². The molecule has 0 atom stereocenters. The Balaban J connectivity index is 2.36. The van der Waals surface area contributed by atoms with Crippen LogP contribution in [-0.2, 0) is 6.54 Å². The third-order valence-corrected chi connectivity index (χ3v) is 3.45. The van der Waals surface area contributed by atoms with Crippen molar-refractivity contribution in [2.24, 2.45) is 5.73 Å². The van der Waals surface area contributed by atoms with Gasteiger partial charge in [-0.05, 0) is 61.5 Å². The molecule has 3 nitrogen and oxygen atoms in total. The van der Waals surface area contributed by atoms with E-state index < -0.39 is 0 Å². The fraction of sp³-hybridized carbons (Fsp3) is 0.538. The molecule has 1 aromatic carbocycles. The van der Waals surface area contributed by atoms with Crippen LogP contribution in [0.25, 0.3) is 0 Å². The largest absolute Gasteiger partial charge is 0.398 e. The minimum Gasteiger partial charge on any atom is -0.398 e. The summed E-state index contributed by atoms with van der Waals surface area (Å²) >= 11 is 0. The maximum Gasteiger partial charge on any atom is 0.0365 e. The molecular formula is C13H21N3. The predicted molar refractivity (Wildman–Crippen MR) is 68.3 cm³/mol. The molecule has 1 fully saturated rings. The Bertz CT molecular complexity index is 368. The molecule has 2 rings (SSSR count). The molecule has 1 heterocycles. The Morgan fingerprint density at radius 3 is 2.62 bits per heavy atom. The molecule has 1 aliphatic rings. The predicted octanol–water partition coefficient (Wildman–Crippen LogP) is 1.50. The van der Waals surface area contributed by atoms with Crippen LogP contribution in [-0.4, -0.2) is 13.1 Å². The van der Waals surface area contributed by atoms with E-state index in [1.54, 1.807) is 0 Å². The van der Waals surface area contributed by atoms with Crippen LogP contribution in [0.4, 0.5) is 5.69 Å². The molecule has 1 aromatic rings. The monoisotopic (exact) mass is 219 g/mol. The molecule has 5 N–H and O–H groups in total. The summed E-state index contributed by atoms with van der Waals surface area (Å²) in [5, 5.41) is 3.39. The third-order valence-electron chi connectivity index (χ3n) is 3.45. The standard InChI is InChI=1S/C13H21N3/c1-9-6-11(10-2-4-16-5-3-10)12(8-14)13(15)7-9/h6-7,10,16H,2-5,8,14-15H2,1H3. The van der Waals surface area contributed by atoms with Gasteiger partial charge in [-0.1, -0.05) is 6.07 Å². The number of aryl methyl sites for hydroxylation is 1. The summed E-state index contributed by atoms with van der Waals surface area (Å²) in [5.74, 6) is 0.627. The summed E-state index contributed by atoms with van der Waals surface area (Å²) in [6.07, 6.45) is 2.38. The minimum absolute atomic E-state index is 0.547. The summed E-state index contributed by atoms with van der Waals surface area (Å²) in [6, 6.07) is 4.28. The number of benzene rings is 1. The molecule has 0 aromatic heterocycles. The third kappa shape index (κ3) is 2.20. The molecule has 16 heavy (non-hydrogen) atoms. The van der Waals surface area contributed by atoms with E-state index in [2.05, 4.69) is 18.3 Å². The molecule has 1 aliphatic heterocycles. The number of nitrogens with one attached hydrogen (secondary N) is 1. The quantitative estimate of drug-likeness (QED) is 0.661. The van der Waals surface area contributed by atoms with Crippen molar-refractivity contribution < 1.29 is 0 Å². The van der Waals surface area contributed by atoms with Crippen molar-refractivity contribution in [2.75, 3.05) is 18.8 Å². The Labute approximate surface area is 97.2 Å². The van der Waals surface area contributed by atoms with Gasteiger partial charge in [0.05, 0.1) is 0 Å². The number of hydrogen-bond acceptors (Lipinski definition) is 3. The van der Waals surface area contributed by atoms with Crippen molar-refractivity contribution in [3.63, 3.8) is 0 Å². The van der Waals surface area contributed by atoms with Crippen molar-refractivity contribution in [2.45, 2.75) is 32.2 Å². The number of anilines is 1. The molecule has 3 heteroatoms. The summed E-state index contributed by atoms with van der Waals surface area (Å²) in [5.41, 5.74) is 16.5. The summed E-state index contributed by atoms with van der Waals surface area (Å²) in [7, 11) is 0. The zero-order valence-electron chi connectivity index (χ0n) is 9.92. The first-order chi connectivity index (χ1) is 7.72. The fourth-order valence-electron chi connectivity index (χ4n) is 2.61. The van der Waals surface area contributed by atoms with Gasteiger partial charge in [-0.3, -0.25) is 0 Å². The molecule has 0 aliphatic carbocycles. The van der Waals surface area contributed by atoms with Gasteiger partial charge in [0, 0.05) is 12.2 Å². The van der Waals surface area contributed by atoms with E-state index in [1.165, 1.54) is 24.0 Å². The Hall–Kier alpha value is -1.06. The van der Waals surface area contributed by atoms with Crippen molar-refractivity contribution in [1.82, 2.24) is 5.32 Å². The minimum atomic E-state index is 0.547. The second kappa shape index (κ2) is 4.85. The molecule has 0 spiro atoms. The van der Waals surface area contributed by atoms with Gasteiger partial charge in [0.25, 0.3) is 0 Å². The Morgan fingerprint density at radius 2 is 2.00 bits per heavy atom. The Morgan fingerprint density at radius 1 is 1.31 bits per heavy atom. The number of rotatable bonds is 2. The van der Waals surface area contributed by atoms with Crippen LogP contribution in [0.3, 0.4) is 0 Å². The van der Waals surface area contributed by atoms with Gasteiger partial charge in [0.15, 0.2) is 0 Å². The molecule has 0 bridgehead atoms. The lowest BCUT2D eigenvalue weighted by Crippen LogP contribution is -2.27. The van der Waals surface area contributed by atoms with Gasteiger partial charge >= 0.3 is 0 Å². The molecule has 0 radical (unpaired) electrons. The van der Waals surface area contributed by atoms with E-state index in [1.807, 2.05) is 6.07 Å². The first-order valence-electron chi connectivity index (χ1n) is 6.02. The summed E-state index contributed by atoms with van der Waals surface area (Å²) in [6.45, 7) is 4.84. The van der Waals surface area contributed by atoms with Gasteiger partial charge in [0.2, 0.25) is 0 Å². The zero-order chi connectivity index (χ0) is 11.5. The van der Waals surface area contributed by atoms with Crippen LogP contribution in [0, 0.1) is 6.92 Å². The summed E-state index contributed by atoms with van der Waals surface area (Å²) < 4.78 is 0. The highest BCUT2D eigenvalue weighted by molar-refractivity contribution is 5.54. The van der Waals surface area contributed by atoms with E-state index in [-0.39, 0.29) is 0 Å². The molecule has 0 saturated carbocycles. The lowest BCUT2D eigenvalue weighted by molar-refractivity contribution is 0.458. The first-order valence-corrected chi connectivity index (χ1v) is 6.02. The van der Waals surface area contributed by atoms with Crippen molar-refractivity contribution in [3.05, 3.63) is 28.8 Å². The normalized spacial score (nSPS) is 17.6. The number of hydrogen-bond donors (Lipinski definition) is 3. The Kier molecular flexibility index (Phi) is 3.46. The van der Waals surface area contributed by atoms with E-state index in [9.17, 15) is 0 Å². The van der Waals surface area contributed by atoms with E-state index in [4.69, 9.17) is 11.5 Å². The average Bonchev–Trinajstić information content (AvgIpc) is 2.29. The van der Waals surface area contributed by atoms with Gasteiger partial charge in [-0.25, -0.2) is 0 Å². The van der Waals surface area contributed by atoms with Gasteiger partial charge < -0.3 is 16.8 Å². The van der Waals surface area contributed by atoms with Gasteiger partial charge in [-0.2, -0.15) is 0 Å². The van der Waals surface area contributed by atoms with Crippen LogP contribution >= 0.6 is 0 Å². The highest BCUT2D eigenvalue weighted by atomic mass is 14.9. The topological polar surface area (TPSA) is 64.1 Å². The highest BCUT2D eigenvalue weighted by Crippen LogP contribution is 2.31. The molecule has 1 saturated heterocycles. The van der Waals surface area contributed by atoms with E-state index in [0.29, 0.717) is 12.5 Å². The number of nitrogen functional groups attached to an aromatic ring is 1. The van der Waals surface area contributed by atoms with Crippen LogP contribution in [0.1, 0.15) is 35.4 Å². The molecule has 0 amide bonds. The maximum absolute atomic E-state index is 6.04. The second-order valence-electron chi connectivity index (χ2n) is 4.65. The zero-order valence-corrected chi connectivity index (χ0v) is 9.92. The first kappa shape index (κ1) is 11.4. The van der Waals surface area contributed by atoms with Crippen molar-refractivity contribution in [1.29, 1.82) is 0 Å². The van der Waals surface area contributed by atoms with E-state index in [0.717, 1.165) is 24.3 Å².